The Hall–Kier alpha value is -0.490. The maximum Gasteiger partial charge on any atom is 0.267 e. The van der Waals surface area contributed by atoms with Gasteiger partial charge in [-0.05, 0) is 30.3 Å². The minimum absolute atomic E-state index is 0.102. The number of carbonyl (C=O) groups is 1. The van der Waals surface area contributed by atoms with E-state index in [0.717, 1.165) is 42.9 Å². The van der Waals surface area contributed by atoms with Gasteiger partial charge in [-0.15, -0.1) is 5.10 Å². The predicted octanol–water partition coefficient (Wildman–Crippen LogP) is 2.74. The molecule has 1 amide bonds. The second-order valence-electron chi connectivity index (χ2n) is 4.83. The Morgan fingerprint density at radius 1 is 1.61 bits per heavy atom. The Bertz CT molecular complexity index is 423. The van der Waals surface area contributed by atoms with E-state index in [4.69, 9.17) is 0 Å². The first-order valence-electron chi connectivity index (χ1n) is 6.38. The Kier molecular flexibility index (Phi) is 4.72. The van der Waals surface area contributed by atoms with Crippen molar-refractivity contribution in [3.8, 4) is 0 Å². The number of hydrogen-bond acceptors (Lipinski definition) is 4. The number of carbonyl (C=O) groups excluding carboxylic acids is 1. The molecular weight excluding hydrogens is 314 g/mol. The summed E-state index contributed by atoms with van der Waals surface area (Å²) in [6.07, 6.45) is 2.88. The summed E-state index contributed by atoms with van der Waals surface area (Å²) in [6.45, 7) is 5.93. The zero-order valence-corrected chi connectivity index (χ0v) is 13.1. The van der Waals surface area contributed by atoms with Crippen molar-refractivity contribution >= 4 is 33.4 Å². The van der Waals surface area contributed by atoms with Crippen LogP contribution in [0.25, 0.3) is 0 Å². The molecule has 0 radical (unpaired) electrons. The summed E-state index contributed by atoms with van der Waals surface area (Å²) in [5, 5.41) is 4.07. The van der Waals surface area contributed by atoms with Crippen LogP contribution in [0.5, 0.6) is 0 Å². The topological polar surface area (TPSA) is 46.1 Å². The van der Waals surface area contributed by atoms with Gasteiger partial charge in [-0.2, -0.15) is 0 Å². The third-order valence-corrected chi connectivity index (χ3v) is 5.34. The van der Waals surface area contributed by atoms with Crippen molar-refractivity contribution < 1.29 is 4.79 Å². The molecule has 0 saturated carbocycles. The van der Waals surface area contributed by atoms with Crippen molar-refractivity contribution in [3.05, 3.63) is 10.6 Å². The molecule has 100 valence electrons. The first-order chi connectivity index (χ1) is 8.63. The van der Waals surface area contributed by atoms with E-state index in [1.165, 1.54) is 11.5 Å². The lowest BCUT2D eigenvalue weighted by Gasteiger charge is -2.34. The van der Waals surface area contributed by atoms with E-state index in [0.29, 0.717) is 10.7 Å². The molecule has 1 saturated heterocycles. The van der Waals surface area contributed by atoms with E-state index in [9.17, 15) is 4.79 Å². The molecule has 1 aliphatic rings. The molecule has 18 heavy (non-hydrogen) atoms. The van der Waals surface area contributed by atoms with Gasteiger partial charge in [0.05, 0.1) is 5.69 Å². The Labute approximate surface area is 120 Å². The molecule has 4 nitrogen and oxygen atoms in total. The van der Waals surface area contributed by atoms with E-state index in [2.05, 4.69) is 39.4 Å². The van der Waals surface area contributed by atoms with Crippen LogP contribution in [-0.4, -0.2) is 38.3 Å². The van der Waals surface area contributed by atoms with Gasteiger partial charge in [0, 0.05) is 17.9 Å². The first kappa shape index (κ1) is 13.9. The molecule has 2 rings (SSSR count). The number of piperidine rings is 1. The molecule has 2 heterocycles. The SMILES string of the molecule is CCCc1nnsc1C(=O)N1CCC(C)C(Br)C1. The van der Waals surface area contributed by atoms with E-state index in [-0.39, 0.29) is 5.91 Å². The van der Waals surface area contributed by atoms with Crippen LogP contribution in [0, 0.1) is 5.92 Å². The molecule has 2 unspecified atom stereocenters. The highest BCUT2D eigenvalue weighted by molar-refractivity contribution is 9.09. The van der Waals surface area contributed by atoms with Crippen molar-refractivity contribution in [2.45, 2.75) is 37.9 Å². The number of halogens is 1. The molecule has 1 aromatic rings. The van der Waals surface area contributed by atoms with Crippen LogP contribution in [0.4, 0.5) is 0 Å². The summed E-state index contributed by atoms with van der Waals surface area (Å²) in [7, 11) is 0. The Balaban J connectivity index is 2.09. The van der Waals surface area contributed by atoms with Gasteiger partial charge in [0.25, 0.3) is 5.91 Å². The third kappa shape index (κ3) is 2.91. The smallest absolute Gasteiger partial charge is 0.267 e. The maximum absolute atomic E-state index is 12.4. The van der Waals surface area contributed by atoms with Crippen molar-refractivity contribution in [3.63, 3.8) is 0 Å². The molecular formula is C12H18BrN3OS. The minimum atomic E-state index is 0.102. The Morgan fingerprint density at radius 3 is 3.06 bits per heavy atom. The van der Waals surface area contributed by atoms with Crippen LogP contribution in [0.15, 0.2) is 0 Å². The van der Waals surface area contributed by atoms with Crippen molar-refractivity contribution in [2.75, 3.05) is 13.1 Å². The fraction of sp³-hybridized carbons (Fsp3) is 0.750. The van der Waals surface area contributed by atoms with Gasteiger partial charge in [0.2, 0.25) is 0 Å². The number of aryl methyl sites for hydroxylation is 1. The van der Waals surface area contributed by atoms with Crippen molar-refractivity contribution in [1.82, 2.24) is 14.5 Å². The van der Waals surface area contributed by atoms with Crippen LogP contribution in [0.1, 0.15) is 42.1 Å². The molecule has 0 bridgehead atoms. The van der Waals surface area contributed by atoms with Gasteiger partial charge in [-0.1, -0.05) is 40.7 Å². The molecule has 1 fully saturated rings. The fourth-order valence-electron chi connectivity index (χ4n) is 2.12. The largest absolute Gasteiger partial charge is 0.337 e. The highest BCUT2D eigenvalue weighted by atomic mass is 79.9. The number of nitrogens with zero attached hydrogens (tertiary/aromatic N) is 3. The molecule has 0 N–H and O–H groups in total. The highest BCUT2D eigenvalue weighted by Gasteiger charge is 2.29. The van der Waals surface area contributed by atoms with Gasteiger partial charge in [-0.25, -0.2) is 0 Å². The summed E-state index contributed by atoms with van der Waals surface area (Å²) in [6, 6.07) is 0. The number of amides is 1. The summed E-state index contributed by atoms with van der Waals surface area (Å²) in [4.78, 5) is 15.5. The van der Waals surface area contributed by atoms with Crippen LogP contribution in [0.3, 0.4) is 0 Å². The summed E-state index contributed by atoms with van der Waals surface area (Å²) >= 11 is 4.88. The van der Waals surface area contributed by atoms with Crippen LogP contribution >= 0.6 is 27.5 Å². The molecule has 0 aromatic carbocycles. The van der Waals surface area contributed by atoms with Gasteiger partial charge >= 0.3 is 0 Å². The van der Waals surface area contributed by atoms with E-state index in [1.54, 1.807) is 0 Å². The van der Waals surface area contributed by atoms with E-state index >= 15 is 0 Å². The first-order valence-corrected chi connectivity index (χ1v) is 8.07. The molecule has 2 atom stereocenters. The second-order valence-corrected chi connectivity index (χ2v) is 6.76. The average molecular weight is 332 g/mol. The summed E-state index contributed by atoms with van der Waals surface area (Å²) in [5.74, 6) is 0.730. The number of hydrogen-bond donors (Lipinski definition) is 0. The highest BCUT2D eigenvalue weighted by Crippen LogP contribution is 2.25. The normalized spacial score (nSPS) is 24.3. The number of alkyl halides is 1. The lowest BCUT2D eigenvalue weighted by molar-refractivity contribution is 0.0709. The zero-order chi connectivity index (χ0) is 13.1. The maximum atomic E-state index is 12.4. The van der Waals surface area contributed by atoms with Gasteiger partial charge < -0.3 is 4.90 Å². The monoisotopic (exact) mass is 331 g/mol. The quantitative estimate of drug-likeness (QED) is 0.800. The zero-order valence-electron chi connectivity index (χ0n) is 10.7. The fourth-order valence-corrected chi connectivity index (χ4v) is 3.41. The van der Waals surface area contributed by atoms with Crippen molar-refractivity contribution in [2.24, 2.45) is 5.92 Å². The standard InChI is InChI=1S/C12H18BrN3OS/c1-3-4-10-11(18-15-14-10)12(17)16-6-5-8(2)9(13)7-16/h8-9H,3-7H2,1-2H3. The van der Waals surface area contributed by atoms with Gasteiger partial charge in [-0.3, -0.25) is 4.79 Å². The molecule has 6 heteroatoms. The molecule has 1 aliphatic heterocycles. The summed E-state index contributed by atoms with van der Waals surface area (Å²) < 4.78 is 3.92. The summed E-state index contributed by atoms with van der Waals surface area (Å²) in [5.41, 5.74) is 0.859. The number of aromatic nitrogens is 2. The van der Waals surface area contributed by atoms with Crippen LogP contribution < -0.4 is 0 Å². The lowest BCUT2D eigenvalue weighted by Crippen LogP contribution is -2.43. The van der Waals surface area contributed by atoms with Crippen LogP contribution in [0.2, 0.25) is 0 Å². The van der Waals surface area contributed by atoms with Gasteiger partial charge in [0.1, 0.15) is 4.88 Å². The lowest BCUT2D eigenvalue weighted by atomic mass is 9.99. The van der Waals surface area contributed by atoms with E-state index < -0.39 is 0 Å². The van der Waals surface area contributed by atoms with E-state index in [1.807, 2.05) is 4.90 Å². The minimum Gasteiger partial charge on any atom is -0.337 e. The van der Waals surface area contributed by atoms with Crippen LogP contribution in [-0.2, 0) is 6.42 Å². The average Bonchev–Trinajstić information content (AvgIpc) is 2.80. The number of rotatable bonds is 3. The molecule has 1 aromatic heterocycles. The number of likely N-dealkylation sites (tertiary alicyclic amines) is 1. The van der Waals surface area contributed by atoms with Crippen molar-refractivity contribution in [1.29, 1.82) is 0 Å². The predicted molar refractivity (Wildman–Crippen MR) is 76.3 cm³/mol. The Morgan fingerprint density at radius 2 is 2.39 bits per heavy atom. The van der Waals surface area contributed by atoms with Gasteiger partial charge in [0.15, 0.2) is 0 Å². The second kappa shape index (κ2) is 6.10. The molecule has 0 spiro atoms. The molecule has 0 aliphatic carbocycles. The third-order valence-electron chi connectivity index (χ3n) is 3.39.